The van der Waals surface area contributed by atoms with Gasteiger partial charge in [-0.05, 0) is 100.0 Å². The third-order valence-corrected chi connectivity index (χ3v) is 9.08. The first-order chi connectivity index (χ1) is 18.8. The number of benzene rings is 4. The summed E-state index contributed by atoms with van der Waals surface area (Å²) in [6.45, 7) is 11.3. The van der Waals surface area contributed by atoms with Crippen molar-refractivity contribution in [2.45, 2.75) is 57.7 Å². The SMILES string of the molecule is CCC(C[CH-]O[Si](C)(C)C)(c1cccc2c1Cc1ccccc1-2)c1cccc2c1Cc1ccccc1-2.[Cl][Zr][Cl]. The summed E-state index contributed by atoms with van der Waals surface area (Å²) < 4.78 is 6.41. The van der Waals surface area contributed by atoms with Crippen LogP contribution in [-0.4, -0.2) is 8.32 Å². The zero-order valence-corrected chi connectivity index (χ0v) is 28.1. The maximum atomic E-state index is 6.41. The summed E-state index contributed by atoms with van der Waals surface area (Å²) in [6.07, 6.45) is 3.92. The second kappa shape index (κ2) is 12.2. The Balaban J connectivity index is 0.000000983. The van der Waals surface area contributed by atoms with Gasteiger partial charge in [-0.2, -0.15) is 0 Å². The predicted octanol–water partition coefficient (Wildman–Crippen LogP) is 10.3. The molecule has 4 aromatic carbocycles. The first kappa shape index (κ1) is 29.0. The zero-order chi connectivity index (χ0) is 27.6. The number of hydrogen-bond donors (Lipinski definition) is 0. The molecule has 0 aliphatic heterocycles. The van der Waals surface area contributed by atoms with Gasteiger partial charge < -0.3 is 4.43 Å². The van der Waals surface area contributed by atoms with E-state index in [4.69, 9.17) is 21.5 Å². The summed E-state index contributed by atoms with van der Waals surface area (Å²) in [6, 6.07) is 31.8. The molecule has 4 aromatic rings. The van der Waals surface area contributed by atoms with Crippen LogP contribution < -0.4 is 0 Å². The van der Waals surface area contributed by atoms with E-state index in [0.29, 0.717) is 0 Å². The Morgan fingerprint density at radius 2 is 1.15 bits per heavy atom. The van der Waals surface area contributed by atoms with Gasteiger partial charge in [0.25, 0.3) is 0 Å². The standard InChI is InChI=1S/C34H35OSi.2ClH.Zr/c1-5-34(20-21-35-36(2,3)4,32-18-10-16-28-26-14-8-6-12-24(26)22-30(28)32)33-19-11-17-29-27-15-9-7-13-25(27)23-31(29)33;;;/h6-19,21H,5,20,22-23H2,1-4H3;2*1H;/q-1;;;+2/p-2. The van der Waals surface area contributed by atoms with Crippen LogP contribution in [0.4, 0.5) is 0 Å². The van der Waals surface area contributed by atoms with E-state index in [1.54, 1.807) is 0 Å². The first-order valence-electron chi connectivity index (χ1n) is 13.7. The van der Waals surface area contributed by atoms with E-state index in [1.807, 2.05) is 0 Å². The maximum absolute atomic E-state index is 6.41. The Morgan fingerprint density at radius 3 is 1.59 bits per heavy atom. The Morgan fingerprint density at radius 1 is 0.718 bits per heavy atom. The van der Waals surface area contributed by atoms with Crippen LogP contribution in [0.25, 0.3) is 22.3 Å². The average Bonchev–Trinajstić information content (AvgIpc) is 3.50. The van der Waals surface area contributed by atoms with Crippen LogP contribution in [-0.2, 0) is 43.5 Å². The Bertz CT molecular complexity index is 1380. The van der Waals surface area contributed by atoms with Gasteiger partial charge in [0.1, 0.15) is 8.32 Å². The van der Waals surface area contributed by atoms with Crippen molar-refractivity contribution in [3.63, 3.8) is 0 Å². The molecular formula is C34H35Cl2OSiZr-. The van der Waals surface area contributed by atoms with Gasteiger partial charge in [0, 0.05) is 0 Å². The number of hydrogen-bond acceptors (Lipinski definition) is 1. The molecule has 0 fully saturated rings. The first-order valence-corrected chi connectivity index (χ1v) is 23.4. The molecule has 0 amide bonds. The van der Waals surface area contributed by atoms with Gasteiger partial charge in [-0.1, -0.05) is 91.9 Å². The van der Waals surface area contributed by atoms with E-state index < -0.39 is 29.2 Å². The van der Waals surface area contributed by atoms with Crippen molar-refractivity contribution in [3.8, 4) is 22.3 Å². The van der Waals surface area contributed by atoms with Crippen molar-refractivity contribution in [2.75, 3.05) is 0 Å². The fourth-order valence-electron chi connectivity index (χ4n) is 6.54. The fraction of sp³-hybridized carbons (Fsp3) is 0.265. The molecule has 2 aliphatic rings. The summed E-state index contributed by atoms with van der Waals surface area (Å²) in [5.41, 5.74) is 14.3. The van der Waals surface area contributed by atoms with E-state index in [-0.39, 0.29) is 5.41 Å². The topological polar surface area (TPSA) is 9.23 Å². The number of fused-ring (bicyclic) bond motifs is 6. The van der Waals surface area contributed by atoms with E-state index in [0.717, 1.165) is 25.7 Å². The summed E-state index contributed by atoms with van der Waals surface area (Å²) in [4.78, 5) is 0. The van der Waals surface area contributed by atoms with Crippen molar-refractivity contribution in [1.29, 1.82) is 0 Å². The summed E-state index contributed by atoms with van der Waals surface area (Å²) >= 11 is -0.826. The average molecular weight is 650 g/mol. The van der Waals surface area contributed by atoms with E-state index in [2.05, 4.69) is 118 Å². The zero-order valence-electron chi connectivity index (χ0n) is 23.2. The van der Waals surface area contributed by atoms with Gasteiger partial charge in [0.2, 0.25) is 0 Å². The molecule has 0 saturated heterocycles. The fourth-order valence-corrected chi connectivity index (χ4v) is 7.12. The normalized spacial score (nSPS) is 13.1. The van der Waals surface area contributed by atoms with Crippen molar-refractivity contribution in [3.05, 3.63) is 125 Å². The molecule has 0 heterocycles. The molecule has 1 nitrogen and oxygen atoms in total. The molecule has 2 aliphatic carbocycles. The van der Waals surface area contributed by atoms with Crippen LogP contribution in [0.1, 0.15) is 53.1 Å². The monoisotopic (exact) mass is 647 g/mol. The Labute approximate surface area is 253 Å². The molecule has 5 heteroatoms. The molecule has 0 atom stereocenters. The molecule has 0 radical (unpaired) electrons. The van der Waals surface area contributed by atoms with Crippen molar-refractivity contribution in [2.24, 2.45) is 0 Å². The van der Waals surface area contributed by atoms with E-state index in [9.17, 15) is 0 Å². The van der Waals surface area contributed by atoms with Crippen molar-refractivity contribution in [1.82, 2.24) is 0 Å². The number of rotatable bonds is 7. The molecule has 0 N–H and O–H groups in total. The molecule has 0 aromatic heterocycles. The molecule has 0 unspecified atom stereocenters. The predicted molar refractivity (Wildman–Crippen MR) is 165 cm³/mol. The summed E-state index contributed by atoms with van der Waals surface area (Å²) in [5.74, 6) is 0. The summed E-state index contributed by atoms with van der Waals surface area (Å²) in [7, 11) is 8.20. The molecule has 0 bridgehead atoms. The van der Waals surface area contributed by atoms with Crippen molar-refractivity contribution < 1.29 is 25.3 Å². The molecule has 0 saturated carbocycles. The van der Waals surface area contributed by atoms with Gasteiger partial charge in [-0.25, -0.2) is 6.61 Å². The quantitative estimate of drug-likeness (QED) is 0.124. The number of halogens is 2. The van der Waals surface area contributed by atoms with Crippen LogP contribution >= 0.6 is 17.0 Å². The molecule has 0 spiro atoms. The van der Waals surface area contributed by atoms with Crippen LogP contribution in [0.3, 0.4) is 0 Å². The molecule has 6 rings (SSSR count). The van der Waals surface area contributed by atoms with E-state index in [1.165, 1.54) is 55.6 Å². The molecule has 200 valence electrons. The van der Waals surface area contributed by atoms with Gasteiger partial charge in [-0.3, -0.25) is 0 Å². The van der Waals surface area contributed by atoms with Gasteiger partial charge in [-0.15, -0.1) is 6.42 Å². The van der Waals surface area contributed by atoms with Crippen LogP contribution in [0.2, 0.25) is 19.6 Å². The van der Waals surface area contributed by atoms with Crippen LogP contribution in [0.5, 0.6) is 0 Å². The second-order valence-electron chi connectivity index (χ2n) is 11.4. The Kier molecular flexibility index (Phi) is 9.06. The third-order valence-electron chi connectivity index (χ3n) is 8.20. The minimum atomic E-state index is -1.67. The van der Waals surface area contributed by atoms with Gasteiger partial charge in [0.05, 0.1) is 0 Å². The van der Waals surface area contributed by atoms with Crippen LogP contribution in [0.15, 0.2) is 84.9 Å². The van der Waals surface area contributed by atoms with E-state index >= 15 is 0 Å². The van der Waals surface area contributed by atoms with Crippen LogP contribution in [0, 0.1) is 6.61 Å². The molecule has 39 heavy (non-hydrogen) atoms. The minimum absolute atomic E-state index is 0.138. The third kappa shape index (κ3) is 5.68. The van der Waals surface area contributed by atoms with Gasteiger partial charge in [0.15, 0.2) is 0 Å². The summed E-state index contributed by atoms with van der Waals surface area (Å²) in [5, 5.41) is 0. The second-order valence-corrected chi connectivity index (χ2v) is 19.6. The van der Waals surface area contributed by atoms with Gasteiger partial charge >= 0.3 is 37.9 Å². The Hall–Kier alpha value is -1.48. The van der Waals surface area contributed by atoms with Crippen molar-refractivity contribution >= 4 is 25.3 Å². The molecular weight excluding hydrogens is 615 g/mol.